The number of nitrogens with two attached hydrogens (primary N) is 1. The molecule has 1 atom stereocenters. The van der Waals surface area contributed by atoms with Crippen LogP contribution in [0.4, 0.5) is 0 Å². The molecular weight excluding hydrogens is 172 g/mol. The maximum Gasteiger partial charge on any atom is 0.0311 e. The molecule has 0 amide bonds. The summed E-state index contributed by atoms with van der Waals surface area (Å²) >= 11 is 0. The zero-order chi connectivity index (χ0) is 10.8. The quantitative estimate of drug-likeness (QED) is 0.730. The summed E-state index contributed by atoms with van der Waals surface area (Å²) in [6, 6.07) is 0.535. The Bertz CT molecular complexity index is 187. The zero-order valence-electron chi connectivity index (χ0n) is 10.2. The van der Waals surface area contributed by atoms with Crippen LogP contribution in [0.15, 0.2) is 0 Å². The Balaban J connectivity index is 2.68. The minimum absolute atomic E-state index is 0.204. The van der Waals surface area contributed by atoms with Crippen molar-refractivity contribution in [2.75, 3.05) is 6.54 Å². The molecule has 0 radical (unpaired) electrons. The number of rotatable bonds is 3. The third-order valence-corrected chi connectivity index (χ3v) is 3.31. The van der Waals surface area contributed by atoms with Crippen LogP contribution in [0.1, 0.15) is 53.4 Å². The molecule has 1 fully saturated rings. The van der Waals surface area contributed by atoms with E-state index in [1.54, 1.807) is 0 Å². The van der Waals surface area contributed by atoms with Gasteiger partial charge in [-0.3, -0.25) is 0 Å². The molecule has 0 aliphatic heterocycles. The van der Waals surface area contributed by atoms with Crippen molar-refractivity contribution in [3.05, 3.63) is 0 Å². The monoisotopic (exact) mass is 198 g/mol. The summed E-state index contributed by atoms with van der Waals surface area (Å²) in [7, 11) is 0. The molecule has 1 saturated carbocycles. The molecule has 2 heteroatoms. The second-order valence-corrected chi connectivity index (χ2v) is 5.98. The van der Waals surface area contributed by atoms with Gasteiger partial charge in [-0.2, -0.15) is 0 Å². The average Bonchev–Trinajstić information content (AvgIpc) is 2.01. The third kappa shape index (κ3) is 2.96. The van der Waals surface area contributed by atoms with Gasteiger partial charge in [0.25, 0.3) is 0 Å². The first-order valence-electron chi connectivity index (χ1n) is 5.87. The van der Waals surface area contributed by atoms with Gasteiger partial charge in [0.05, 0.1) is 0 Å². The summed E-state index contributed by atoms with van der Waals surface area (Å²) in [5, 5.41) is 3.68. The lowest BCUT2D eigenvalue weighted by atomic mass is 9.68. The van der Waals surface area contributed by atoms with E-state index in [1.165, 1.54) is 25.7 Å². The van der Waals surface area contributed by atoms with Gasteiger partial charge in [0.1, 0.15) is 0 Å². The third-order valence-electron chi connectivity index (χ3n) is 3.31. The van der Waals surface area contributed by atoms with Crippen LogP contribution in [0.25, 0.3) is 0 Å². The molecule has 0 bridgehead atoms. The van der Waals surface area contributed by atoms with E-state index in [-0.39, 0.29) is 5.54 Å². The number of nitrogens with one attached hydrogen (secondary N) is 1. The number of hydrogen-bond donors (Lipinski definition) is 2. The fraction of sp³-hybridized carbons (Fsp3) is 1.00. The van der Waals surface area contributed by atoms with Gasteiger partial charge in [0.2, 0.25) is 0 Å². The van der Waals surface area contributed by atoms with Crippen LogP contribution in [0.2, 0.25) is 0 Å². The van der Waals surface area contributed by atoms with Crippen molar-refractivity contribution in [1.82, 2.24) is 5.32 Å². The molecule has 0 aromatic heterocycles. The van der Waals surface area contributed by atoms with Crippen molar-refractivity contribution in [3.63, 3.8) is 0 Å². The minimum atomic E-state index is 0.204. The Morgan fingerprint density at radius 3 is 2.36 bits per heavy atom. The summed E-state index contributed by atoms with van der Waals surface area (Å²) in [6.45, 7) is 9.91. The number of hydrogen-bond acceptors (Lipinski definition) is 2. The van der Waals surface area contributed by atoms with E-state index in [4.69, 9.17) is 5.73 Å². The molecule has 1 aliphatic carbocycles. The Kier molecular flexibility index (Phi) is 3.59. The molecule has 3 N–H and O–H groups in total. The highest BCUT2D eigenvalue weighted by Crippen LogP contribution is 2.40. The lowest BCUT2D eigenvalue weighted by molar-refractivity contribution is 0.117. The Labute approximate surface area is 88.6 Å². The van der Waals surface area contributed by atoms with E-state index in [9.17, 15) is 0 Å². The highest BCUT2D eigenvalue weighted by molar-refractivity contribution is 4.98. The van der Waals surface area contributed by atoms with Gasteiger partial charge in [-0.05, 0) is 24.7 Å². The molecule has 84 valence electrons. The summed E-state index contributed by atoms with van der Waals surface area (Å²) in [5.41, 5.74) is 6.61. The van der Waals surface area contributed by atoms with Crippen molar-refractivity contribution in [3.8, 4) is 0 Å². The van der Waals surface area contributed by atoms with Crippen molar-refractivity contribution >= 4 is 0 Å². The molecule has 0 saturated heterocycles. The molecule has 0 spiro atoms. The summed E-state index contributed by atoms with van der Waals surface area (Å²) < 4.78 is 0. The van der Waals surface area contributed by atoms with Gasteiger partial charge in [-0.1, -0.05) is 34.1 Å². The Hall–Kier alpha value is -0.0800. The molecular formula is C12H26N2. The Morgan fingerprint density at radius 1 is 1.29 bits per heavy atom. The van der Waals surface area contributed by atoms with Crippen molar-refractivity contribution in [1.29, 1.82) is 0 Å². The topological polar surface area (TPSA) is 38.0 Å². The van der Waals surface area contributed by atoms with Crippen molar-refractivity contribution in [2.45, 2.75) is 65.0 Å². The molecule has 0 heterocycles. The highest BCUT2D eigenvalue weighted by atomic mass is 15.0. The van der Waals surface area contributed by atoms with E-state index in [0.29, 0.717) is 11.5 Å². The van der Waals surface area contributed by atoms with Gasteiger partial charge in [-0.25, -0.2) is 0 Å². The highest BCUT2D eigenvalue weighted by Gasteiger charge is 2.38. The molecule has 2 nitrogen and oxygen atoms in total. The molecule has 0 aromatic rings. The van der Waals surface area contributed by atoms with Crippen LogP contribution in [-0.2, 0) is 0 Å². The van der Waals surface area contributed by atoms with E-state index in [0.717, 1.165) is 6.54 Å². The molecule has 14 heavy (non-hydrogen) atoms. The molecule has 1 aliphatic rings. The fourth-order valence-electron chi connectivity index (χ4n) is 2.97. The lowest BCUT2D eigenvalue weighted by Crippen LogP contribution is -2.57. The summed E-state index contributed by atoms with van der Waals surface area (Å²) in [5.74, 6) is 0. The SMILES string of the molecule is CC(C)NC1(CN)CCCC(C)(C)C1. The van der Waals surface area contributed by atoms with Gasteiger partial charge in [-0.15, -0.1) is 0 Å². The normalized spacial score (nSPS) is 32.1. The molecule has 0 aromatic carbocycles. The smallest absolute Gasteiger partial charge is 0.0311 e. The first kappa shape index (κ1) is 12.0. The molecule has 1 rings (SSSR count). The zero-order valence-corrected chi connectivity index (χ0v) is 10.2. The van der Waals surface area contributed by atoms with Gasteiger partial charge < -0.3 is 11.1 Å². The van der Waals surface area contributed by atoms with Gasteiger partial charge in [0, 0.05) is 18.1 Å². The van der Waals surface area contributed by atoms with Crippen LogP contribution in [0.3, 0.4) is 0 Å². The second kappa shape index (κ2) is 4.19. The van der Waals surface area contributed by atoms with Crippen LogP contribution in [-0.4, -0.2) is 18.1 Å². The van der Waals surface area contributed by atoms with Crippen LogP contribution >= 0.6 is 0 Å². The maximum absolute atomic E-state index is 5.95. The average molecular weight is 198 g/mol. The summed E-state index contributed by atoms with van der Waals surface area (Å²) in [4.78, 5) is 0. The lowest BCUT2D eigenvalue weighted by Gasteiger charge is -2.46. The first-order valence-corrected chi connectivity index (χ1v) is 5.87. The van der Waals surface area contributed by atoms with Crippen LogP contribution < -0.4 is 11.1 Å². The Morgan fingerprint density at radius 2 is 1.93 bits per heavy atom. The van der Waals surface area contributed by atoms with Gasteiger partial charge in [0.15, 0.2) is 0 Å². The van der Waals surface area contributed by atoms with Crippen LogP contribution in [0, 0.1) is 5.41 Å². The largest absolute Gasteiger partial charge is 0.329 e. The standard InChI is InChI=1S/C12H26N2/c1-10(2)14-12(9-13)7-5-6-11(3,4)8-12/h10,14H,5-9,13H2,1-4H3. The minimum Gasteiger partial charge on any atom is -0.329 e. The first-order chi connectivity index (χ1) is 6.39. The van der Waals surface area contributed by atoms with Crippen molar-refractivity contribution in [2.24, 2.45) is 11.1 Å². The van der Waals surface area contributed by atoms with Crippen molar-refractivity contribution < 1.29 is 0 Å². The van der Waals surface area contributed by atoms with Crippen LogP contribution in [0.5, 0.6) is 0 Å². The second-order valence-electron chi connectivity index (χ2n) is 5.98. The van der Waals surface area contributed by atoms with E-state index in [2.05, 4.69) is 33.0 Å². The van der Waals surface area contributed by atoms with Gasteiger partial charge >= 0.3 is 0 Å². The maximum atomic E-state index is 5.95. The summed E-state index contributed by atoms with van der Waals surface area (Å²) in [6.07, 6.45) is 5.11. The van der Waals surface area contributed by atoms with E-state index in [1.807, 2.05) is 0 Å². The predicted octanol–water partition coefficient (Wildman–Crippen LogP) is 2.28. The fourth-order valence-corrected chi connectivity index (χ4v) is 2.97. The predicted molar refractivity (Wildman–Crippen MR) is 62.3 cm³/mol. The van der Waals surface area contributed by atoms with E-state index >= 15 is 0 Å². The molecule has 1 unspecified atom stereocenters. The van der Waals surface area contributed by atoms with E-state index < -0.39 is 0 Å².